The summed E-state index contributed by atoms with van der Waals surface area (Å²) in [5.74, 6) is -0.125. The van der Waals surface area contributed by atoms with E-state index in [0.717, 1.165) is 11.3 Å². The van der Waals surface area contributed by atoms with Crippen molar-refractivity contribution in [2.24, 2.45) is 7.05 Å². The van der Waals surface area contributed by atoms with Gasteiger partial charge in [0.1, 0.15) is 5.69 Å². The van der Waals surface area contributed by atoms with Gasteiger partial charge < -0.3 is 14.4 Å². The van der Waals surface area contributed by atoms with Gasteiger partial charge in [-0.3, -0.25) is 19.5 Å². The Balaban J connectivity index is 1.36. The minimum atomic E-state index is -0.617. The number of aromatic nitrogens is 3. The highest BCUT2D eigenvalue weighted by atomic mass is 16.2. The second kappa shape index (κ2) is 7.99. The lowest BCUT2D eigenvalue weighted by molar-refractivity contribution is 0.0737. The van der Waals surface area contributed by atoms with Crippen LogP contribution in [0, 0.1) is 11.3 Å². The number of amides is 2. The van der Waals surface area contributed by atoms with Crippen molar-refractivity contribution in [3.63, 3.8) is 0 Å². The number of aryl methyl sites for hydroxylation is 1. The van der Waals surface area contributed by atoms with Crippen LogP contribution in [-0.2, 0) is 12.6 Å². The van der Waals surface area contributed by atoms with E-state index in [-0.39, 0.29) is 11.8 Å². The molecule has 0 spiro atoms. The van der Waals surface area contributed by atoms with Crippen LogP contribution in [0.3, 0.4) is 0 Å². The van der Waals surface area contributed by atoms with E-state index >= 15 is 0 Å². The molecule has 0 atom stereocenters. The number of pyridine rings is 1. The average molecular weight is 456 g/mol. The molecule has 1 saturated heterocycles. The Kier molecular flexibility index (Phi) is 5.09. The minimum Gasteiger partial charge on any atom is -0.367 e. The van der Waals surface area contributed by atoms with Gasteiger partial charge in [0, 0.05) is 38.8 Å². The van der Waals surface area contributed by atoms with E-state index in [0.29, 0.717) is 48.7 Å². The van der Waals surface area contributed by atoms with Crippen LogP contribution < -0.4 is 9.80 Å². The fourth-order valence-corrected chi connectivity index (χ4v) is 4.85. The fourth-order valence-electron chi connectivity index (χ4n) is 4.85. The molecule has 34 heavy (non-hydrogen) atoms. The summed E-state index contributed by atoms with van der Waals surface area (Å²) in [6.45, 7) is 6.46. The monoisotopic (exact) mass is 455 g/mol. The second-order valence-electron chi connectivity index (χ2n) is 9.14. The average Bonchev–Trinajstić information content (AvgIpc) is 3.36. The summed E-state index contributed by atoms with van der Waals surface area (Å²) in [6, 6.07) is 9.33. The molecule has 0 radical (unpaired) electrons. The number of imidazole rings is 1. The Bertz CT molecular complexity index is 1330. The molecule has 1 fully saturated rings. The highest BCUT2D eigenvalue weighted by Gasteiger charge is 2.44. The number of benzene rings is 1. The van der Waals surface area contributed by atoms with Crippen molar-refractivity contribution in [3.05, 3.63) is 71.6 Å². The first-order chi connectivity index (χ1) is 16.3. The van der Waals surface area contributed by atoms with E-state index in [9.17, 15) is 14.9 Å². The van der Waals surface area contributed by atoms with E-state index < -0.39 is 5.54 Å². The maximum absolute atomic E-state index is 13.3. The lowest BCUT2D eigenvalue weighted by atomic mass is 9.92. The van der Waals surface area contributed by atoms with Crippen LogP contribution in [0.4, 0.5) is 11.4 Å². The van der Waals surface area contributed by atoms with Gasteiger partial charge in [-0.1, -0.05) is 0 Å². The topological polar surface area (TPSA) is 98.4 Å². The summed E-state index contributed by atoms with van der Waals surface area (Å²) in [5, 5.41) is 9.30. The van der Waals surface area contributed by atoms with Gasteiger partial charge in [-0.15, -0.1) is 0 Å². The number of hydrogen-bond donors (Lipinski definition) is 0. The predicted molar refractivity (Wildman–Crippen MR) is 127 cm³/mol. The van der Waals surface area contributed by atoms with E-state index in [1.807, 2.05) is 31.9 Å². The van der Waals surface area contributed by atoms with Gasteiger partial charge in [-0.2, -0.15) is 5.26 Å². The van der Waals surface area contributed by atoms with Crippen molar-refractivity contribution in [3.8, 4) is 6.07 Å². The molecule has 0 N–H and O–H groups in total. The number of anilines is 2. The van der Waals surface area contributed by atoms with E-state index in [2.05, 4.69) is 20.9 Å². The number of piperazine rings is 1. The number of nitriles is 1. The van der Waals surface area contributed by atoms with Gasteiger partial charge in [-0.25, -0.2) is 4.98 Å². The van der Waals surface area contributed by atoms with Gasteiger partial charge in [0.25, 0.3) is 11.8 Å². The Morgan fingerprint density at radius 2 is 1.76 bits per heavy atom. The second-order valence-corrected chi connectivity index (χ2v) is 9.14. The minimum absolute atomic E-state index is 0.0227. The van der Waals surface area contributed by atoms with Crippen LogP contribution in [0.1, 0.15) is 45.8 Å². The van der Waals surface area contributed by atoms with Crippen molar-refractivity contribution >= 4 is 23.2 Å². The molecule has 0 aliphatic carbocycles. The van der Waals surface area contributed by atoms with Crippen molar-refractivity contribution in [2.45, 2.75) is 19.4 Å². The third kappa shape index (κ3) is 3.39. The van der Waals surface area contributed by atoms with Gasteiger partial charge in [-0.05, 0) is 43.7 Å². The summed E-state index contributed by atoms with van der Waals surface area (Å²) in [7, 11) is 1.81. The van der Waals surface area contributed by atoms with Crippen LogP contribution in [-0.4, -0.2) is 57.4 Å². The molecule has 2 amide bonds. The summed E-state index contributed by atoms with van der Waals surface area (Å²) >= 11 is 0. The van der Waals surface area contributed by atoms with Crippen LogP contribution in [0.25, 0.3) is 0 Å². The third-order valence-corrected chi connectivity index (χ3v) is 6.74. The van der Waals surface area contributed by atoms with Crippen molar-refractivity contribution < 1.29 is 9.59 Å². The van der Waals surface area contributed by atoms with Crippen LogP contribution in [0.15, 0.2) is 49.2 Å². The van der Waals surface area contributed by atoms with Crippen LogP contribution in [0.2, 0.25) is 0 Å². The number of carbonyl (C=O) groups is 2. The lowest BCUT2D eigenvalue weighted by Gasteiger charge is -2.37. The van der Waals surface area contributed by atoms with E-state index in [1.54, 1.807) is 52.6 Å². The molecule has 9 nitrogen and oxygen atoms in total. The summed E-state index contributed by atoms with van der Waals surface area (Å²) in [4.78, 5) is 40.3. The lowest BCUT2D eigenvalue weighted by Crippen LogP contribution is -2.49. The highest BCUT2D eigenvalue weighted by Crippen LogP contribution is 2.42. The first-order valence-corrected chi connectivity index (χ1v) is 11.2. The van der Waals surface area contributed by atoms with Gasteiger partial charge in [0.2, 0.25) is 0 Å². The summed E-state index contributed by atoms with van der Waals surface area (Å²) in [6.07, 6.45) is 6.70. The summed E-state index contributed by atoms with van der Waals surface area (Å²) in [5.41, 5.74) is 3.55. The molecule has 0 unspecified atom stereocenters. The molecule has 2 aliphatic heterocycles. The molecular weight excluding hydrogens is 430 g/mol. The van der Waals surface area contributed by atoms with Gasteiger partial charge >= 0.3 is 0 Å². The molecule has 2 aromatic heterocycles. The SMILES string of the molecule is Cn1cncc1C(=O)N1CCN(c2cncc(N3C(=O)c4ccc(C#N)cc4C3(C)C)c2)CC1. The van der Waals surface area contributed by atoms with Crippen LogP contribution in [0.5, 0.6) is 0 Å². The molecule has 1 aromatic carbocycles. The molecular formula is C25H25N7O2. The molecule has 5 rings (SSSR count). The Hall–Kier alpha value is -4.19. The number of rotatable bonds is 3. The number of hydrogen-bond acceptors (Lipinski definition) is 6. The van der Waals surface area contributed by atoms with Gasteiger partial charge in [0.05, 0.1) is 53.5 Å². The summed E-state index contributed by atoms with van der Waals surface area (Å²) < 4.78 is 1.73. The number of carbonyl (C=O) groups excluding carboxylic acids is 2. The Labute approximate surface area is 197 Å². The first kappa shape index (κ1) is 21.6. The molecule has 4 heterocycles. The number of nitrogens with zero attached hydrogens (tertiary/aromatic N) is 7. The van der Waals surface area contributed by atoms with E-state index in [4.69, 9.17) is 0 Å². The molecule has 2 aliphatic rings. The van der Waals surface area contributed by atoms with Crippen LogP contribution >= 0.6 is 0 Å². The van der Waals surface area contributed by atoms with Crippen molar-refractivity contribution in [1.29, 1.82) is 5.26 Å². The predicted octanol–water partition coefficient (Wildman–Crippen LogP) is 2.54. The number of fused-ring (bicyclic) bond motifs is 1. The Morgan fingerprint density at radius 1 is 1.03 bits per heavy atom. The fraction of sp³-hybridized carbons (Fsp3) is 0.320. The normalized spacial score (nSPS) is 17.0. The quantitative estimate of drug-likeness (QED) is 0.602. The first-order valence-electron chi connectivity index (χ1n) is 11.2. The zero-order valence-electron chi connectivity index (χ0n) is 19.4. The maximum Gasteiger partial charge on any atom is 0.272 e. The molecule has 172 valence electrons. The van der Waals surface area contributed by atoms with Crippen molar-refractivity contribution in [1.82, 2.24) is 19.4 Å². The Morgan fingerprint density at radius 3 is 2.44 bits per heavy atom. The highest BCUT2D eigenvalue weighted by molar-refractivity contribution is 6.12. The van der Waals surface area contributed by atoms with Gasteiger partial charge in [0.15, 0.2) is 0 Å². The molecule has 0 bridgehead atoms. The standard InChI is InChI=1S/C25H25N7O2/c1-25(2)21-10-17(12-26)4-5-20(21)23(33)32(25)19-11-18(13-27-14-19)30-6-8-31(9-7-30)24(34)22-15-28-16-29(22)3/h4-5,10-11,13-16H,6-9H2,1-3H3. The smallest absolute Gasteiger partial charge is 0.272 e. The van der Waals surface area contributed by atoms with Crippen molar-refractivity contribution in [2.75, 3.05) is 36.0 Å². The molecule has 0 saturated carbocycles. The third-order valence-electron chi connectivity index (χ3n) is 6.74. The molecule has 9 heteroatoms. The largest absolute Gasteiger partial charge is 0.367 e. The maximum atomic E-state index is 13.3. The molecule has 3 aromatic rings. The van der Waals surface area contributed by atoms with E-state index in [1.165, 1.54) is 0 Å². The zero-order chi connectivity index (χ0) is 24.0. The zero-order valence-corrected chi connectivity index (χ0v) is 19.4.